The molecule has 3 aromatic carbocycles. The second-order valence-corrected chi connectivity index (χ2v) is 10.2. The highest BCUT2D eigenvalue weighted by molar-refractivity contribution is 8.00. The molecule has 6 heteroatoms. The maximum Gasteiger partial charge on any atom is 0.253 e. The van der Waals surface area contributed by atoms with Crippen molar-refractivity contribution in [2.45, 2.75) is 37.6 Å². The number of rotatable bonds is 8. The predicted molar refractivity (Wildman–Crippen MR) is 145 cm³/mol. The van der Waals surface area contributed by atoms with Gasteiger partial charge in [0.15, 0.2) is 0 Å². The average molecular weight is 488 g/mol. The second-order valence-electron chi connectivity index (χ2n) is 9.16. The third-order valence-electron chi connectivity index (χ3n) is 6.41. The molecule has 2 N–H and O–H groups in total. The number of hydrogen-bond donors (Lipinski definition) is 2. The van der Waals surface area contributed by atoms with Crippen molar-refractivity contribution >= 4 is 35.0 Å². The molecule has 0 unspecified atom stereocenters. The van der Waals surface area contributed by atoms with Gasteiger partial charge in [0.2, 0.25) is 5.91 Å². The number of hydrogen-bond acceptors (Lipinski definition) is 4. The Bertz CT molecular complexity index is 1130. The lowest BCUT2D eigenvalue weighted by Crippen LogP contribution is -2.35. The molecule has 1 heterocycles. The maximum atomic E-state index is 13.5. The van der Waals surface area contributed by atoms with Crippen LogP contribution in [0.2, 0.25) is 0 Å². The van der Waals surface area contributed by atoms with Crippen LogP contribution in [0.4, 0.5) is 11.4 Å². The Hall–Kier alpha value is -3.25. The Labute approximate surface area is 212 Å². The first kappa shape index (κ1) is 24.9. The molecule has 5 nitrogen and oxygen atoms in total. The van der Waals surface area contributed by atoms with E-state index in [-0.39, 0.29) is 17.9 Å². The van der Waals surface area contributed by atoms with Crippen LogP contribution in [0.15, 0.2) is 83.8 Å². The molecule has 0 radical (unpaired) electrons. The highest BCUT2D eigenvalue weighted by Gasteiger charge is 2.23. The van der Waals surface area contributed by atoms with Crippen molar-refractivity contribution in [1.82, 2.24) is 5.32 Å². The third-order valence-corrected chi connectivity index (χ3v) is 7.42. The lowest BCUT2D eigenvalue weighted by atomic mass is 9.97. The van der Waals surface area contributed by atoms with Gasteiger partial charge >= 0.3 is 0 Å². The molecule has 0 saturated carbocycles. The Morgan fingerprint density at radius 2 is 1.63 bits per heavy atom. The van der Waals surface area contributed by atoms with Crippen LogP contribution in [0.5, 0.6) is 0 Å². The van der Waals surface area contributed by atoms with Gasteiger partial charge in [0.05, 0.1) is 17.4 Å². The summed E-state index contributed by atoms with van der Waals surface area (Å²) >= 11 is 1.49. The number of nitrogens with one attached hydrogen (secondary N) is 2. The SMILES string of the molecule is CC1CCN(c2ccc(NC(=O)CSc3ccccc3)cc2C(=O)N[C@H](C)c2ccccc2)CC1. The quantitative estimate of drug-likeness (QED) is 0.375. The van der Waals surface area contributed by atoms with Gasteiger partial charge in [-0.25, -0.2) is 0 Å². The highest BCUT2D eigenvalue weighted by Crippen LogP contribution is 2.29. The van der Waals surface area contributed by atoms with Crippen molar-refractivity contribution in [2.75, 3.05) is 29.1 Å². The van der Waals surface area contributed by atoms with Gasteiger partial charge in [0.25, 0.3) is 5.91 Å². The van der Waals surface area contributed by atoms with E-state index < -0.39 is 0 Å². The van der Waals surface area contributed by atoms with Gasteiger partial charge in [-0.15, -0.1) is 11.8 Å². The van der Waals surface area contributed by atoms with Crippen LogP contribution in [0.3, 0.4) is 0 Å². The lowest BCUT2D eigenvalue weighted by Gasteiger charge is -2.33. The Balaban J connectivity index is 1.51. The molecule has 0 spiro atoms. The summed E-state index contributed by atoms with van der Waals surface area (Å²) in [6.07, 6.45) is 2.22. The van der Waals surface area contributed by atoms with Crippen LogP contribution < -0.4 is 15.5 Å². The number of carbonyl (C=O) groups excluding carboxylic acids is 2. The fourth-order valence-corrected chi connectivity index (χ4v) is 5.00. The standard InChI is InChI=1S/C29H33N3O2S/c1-21-15-17-32(18-16-21)27-14-13-24(31-28(33)20-35-25-11-7-4-8-12-25)19-26(27)29(34)30-22(2)23-9-5-3-6-10-23/h3-14,19,21-22H,15-18,20H2,1-2H3,(H,30,34)(H,31,33)/t22-/m1/s1. The molecule has 0 aromatic heterocycles. The maximum absolute atomic E-state index is 13.5. The van der Waals surface area contributed by atoms with E-state index in [0.717, 1.165) is 42.1 Å². The van der Waals surface area contributed by atoms with Gasteiger partial charge < -0.3 is 15.5 Å². The number of thioether (sulfide) groups is 1. The molecule has 4 rings (SSSR count). The largest absolute Gasteiger partial charge is 0.371 e. The monoisotopic (exact) mass is 487 g/mol. The van der Waals surface area contributed by atoms with Crippen LogP contribution in [0, 0.1) is 5.92 Å². The van der Waals surface area contributed by atoms with Crippen molar-refractivity contribution in [3.05, 3.63) is 90.0 Å². The molecular weight excluding hydrogens is 454 g/mol. The molecule has 1 aliphatic heterocycles. The Morgan fingerprint density at radius 1 is 0.971 bits per heavy atom. The smallest absolute Gasteiger partial charge is 0.253 e. The molecule has 2 amide bonds. The average Bonchev–Trinajstić information content (AvgIpc) is 2.89. The van der Waals surface area contributed by atoms with Gasteiger partial charge in [0, 0.05) is 29.4 Å². The molecule has 1 fully saturated rings. The zero-order chi connectivity index (χ0) is 24.6. The second kappa shape index (κ2) is 11.9. The molecule has 1 saturated heterocycles. The van der Waals surface area contributed by atoms with Crippen LogP contribution >= 0.6 is 11.8 Å². The molecule has 0 bridgehead atoms. The van der Waals surface area contributed by atoms with E-state index in [1.54, 1.807) is 0 Å². The van der Waals surface area contributed by atoms with Crippen molar-refractivity contribution in [3.63, 3.8) is 0 Å². The topological polar surface area (TPSA) is 61.4 Å². The minimum Gasteiger partial charge on any atom is -0.371 e. The van der Waals surface area contributed by atoms with E-state index in [1.807, 2.05) is 85.8 Å². The van der Waals surface area contributed by atoms with Crippen molar-refractivity contribution in [1.29, 1.82) is 0 Å². The molecule has 35 heavy (non-hydrogen) atoms. The molecule has 182 valence electrons. The minimum atomic E-state index is -0.135. The van der Waals surface area contributed by atoms with Crippen LogP contribution in [-0.2, 0) is 4.79 Å². The molecule has 1 aliphatic rings. The molecule has 3 aromatic rings. The number of nitrogens with zero attached hydrogens (tertiary/aromatic N) is 1. The summed E-state index contributed by atoms with van der Waals surface area (Å²) in [6, 6.07) is 25.4. The van der Waals surface area contributed by atoms with E-state index in [1.165, 1.54) is 11.8 Å². The first-order valence-corrected chi connectivity index (χ1v) is 13.2. The summed E-state index contributed by atoms with van der Waals surface area (Å²) in [5, 5.41) is 6.12. The number of anilines is 2. The number of piperidine rings is 1. The molecule has 1 atom stereocenters. The Kier molecular flexibility index (Phi) is 8.48. The first-order chi connectivity index (χ1) is 17.0. The lowest BCUT2D eigenvalue weighted by molar-refractivity contribution is -0.113. The van der Waals surface area contributed by atoms with E-state index in [2.05, 4.69) is 22.5 Å². The van der Waals surface area contributed by atoms with Gasteiger partial charge in [-0.2, -0.15) is 0 Å². The molecule has 0 aliphatic carbocycles. The highest BCUT2D eigenvalue weighted by atomic mass is 32.2. The fourth-order valence-electron chi connectivity index (χ4n) is 4.28. The number of carbonyl (C=O) groups is 2. The minimum absolute atomic E-state index is 0.0950. The van der Waals surface area contributed by atoms with Crippen LogP contribution in [-0.4, -0.2) is 30.7 Å². The number of amides is 2. The van der Waals surface area contributed by atoms with Crippen molar-refractivity contribution < 1.29 is 9.59 Å². The third kappa shape index (κ3) is 6.89. The fraction of sp³-hybridized carbons (Fsp3) is 0.310. The van der Waals surface area contributed by atoms with E-state index in [4.69, 9.17) is 0 Å². The van der Waals surface area contributed by atoms with Gasteiger partial charge in [-0.3, -0.25) is 9.59 Å². The van der Waals surface area contributed by atoms with Gasteiger partial charge in [-0.1, -0.05) is 55.5 Å². The van der Waals surface area contributed by atoms with Gasteiger partial charge in [0.1, 0.15) is 0 Å². The summed E-state index contributed by atoms with van der Waals surface area (Å²) < 4.78 is 0. The Morgan fingerprint density at radius 3 is 2.31 bits per heavy atom. The normalized spacial score (nSPS) is 14.9. The predicted octanol–water partition coefficient (Wildman–Crippen LogP) is 6.14. The van der Waals surface area contributed by atoms with E-state index >= 15 is 0 Å². The first-order valence-electron chi connectivity index (χ1n) is 12.2. The van der Waals surface area contributed by atoms with Crippen molar-refractivity contribution in [2.24, 2.45) is 5.92 Å². The van der Waals surface area contributed by atoms with E-state index in [9.17, 15) is 9.59 Å². The van der Waals surface area contributed by atoms with Gasteiger partial charge in [-0.05, 0) is 61.6 Å². The van der Waals surface area contributed by atoms with Crippen LogP contribution in [0.1, 0.15) is 48.7 Å². The summed E-state index contributed by atoms with van der Waals surface area (Å²) in [5.41, 5.74) is 3.20. The summed E-state index contributed by atoms with van der Waals surface area (Å²) in [6.45, 7) is 6.12. The van der Waals surface area contributed by atoms with Crippen molar-refractivity contribution in [3.8, 4) is 0 Å². The summed E-state index contributed by atoms with van der Waals surface area (Å²) in [7, 11) is 0. The zero-order valence-corrected chi connectivity index (χ0v) is 21.2. The van der Waals surface area contributed by atoms with E-state index in [0.29, 0.717) is 22.9 Å². The zero-order valence-electron chi connectivity index (χ0n) is 20.4. The number of benzene rings is 3. The summed E-state index contributed by atoms with van der Waals surface area (Å²) in [5.74, 6) is 0.775. The molecular formula is C29H33N3O2S. The van der Waals surface area contributed by atoms with Crippen LogP contribution in [0.25, 0.3) is 0 Å². The summed E-state index contributed by atoms with van der Waals surface area (Å²) in [4.78, 5) is 29.4.